The highest BCUT2D eigenvalue weighted by Gasteiger charge is 2.11. The van der Waals surface area contributed by atoms with E-state index in [1.165, 1.54) is 0 Å². The van der Waals surface area contributed by atoms with Gasteiger partial charge in [-0.15, -0.1) is 0 Å². The Morgan fingerprint density at radius 1 is 0.963 bits per heavy atom. The number of benzene rings is 2. The number of ether oxygens (including phenoxy) is 3. The summed E-state index contributed by atoms with van der Waals surface area (Å²) in [6, 6.07) is 12.3. The fourth-order valence-corrected chi connectivity index (χ4v) is 2.35. The van der Waals surface area contributed by atoms with E-state index in [9.17, 15) is 9.59 Å². The molecule has 0 heterocycles. The molecule has 0 atom stereocenters. The minimum Gasteiger partial charge on any atom is -0.493 e. The van der Waals surface area contributed by atoms with Crippen molar-refractivity contribution in [3.05, 3.63) is 53.6 Å². The topological polar surface area (TPSA) is 77.1 Å². The normalized spacial score (nSPS) is 10.1. The summed E-state index contributed by atoms with van der Waals surface area (Å²) in [5.74, 6) is 0.267. The number of nitrogens with one attached hydrogen (secondary N) is 1. The summed E-state index contributed by atoms with van der Waals surface area (Å²) in [7, 11) is 6.93. The first-order chi connectivity index (χ1) is 12.9. The molecule has 0 saturated carbocycles. The number of carbonyl (C=O) groups is 2. The van der Waals surface area contributed by atoms with E-state index in [2.05, 4.69) is 5.32 Å². The number of anilines is 1. The van der Waals surface area contributed by atoms with Crippen molar-refractivity contribution >= 4 is 17.6 Å². The number of carbonyl (C=O) groups excluding carboxylic acids is 2. The smallest absolute Gasteiger partial charge is 0.338 e. The number of hydrogen-bond acceptors (Lipinski definition) is 6. The van der Waals surface area contributed by atoms with Gasteiger partial charge in [-0.2, -0.15) is 0 Å². The monoisotopic (exact) mass is 372 g/mol. The molecule has 2 aromatic rings. The van der Waals surface area contributed by atoms with E-state index in [0.29, 0.717) is 17.1 Å². The highest BCUT2D eigenvalue weighted by molar-refractivity contribution is 5.91. The lowest BCUT2D eigenvalue weighted by Gasteiger charge is -2.12. The van der Waals surface area contributed by atoms with Crippen LogP contribution in [0.4, 0.5) is 5.69 Å². The molecule has 0 bridgehead atoms. The first-order valence-corrected chi connectivity index (χ1v) is 8.36. The zero-order chi connectivity index (χ0) is 19.8. The van der Waals surface area contributed by atoms with Gasteiger partial charge in [0.1, 0.15) is 0 Å². The molecular weight excluding hydrogens is 348 g/mol. The zero-order valence-corrected chi connectivity index (χ0v) is 15.9. The van der Waals surface area contributed by atoms with E-state index in [-0.39, 0.29) is 19.1 Å². The molecule has 0 aliphatic heterocycles. The van der Waals surface area contributed by atoms with Crippen LogP contribution in [-0.2, 0) is 16.1 Å². The minimum absolute atomic E-state index is 0.286. The minimum atomic E-state index is -0.540. The van der Waals surface area contributed by atoms with Gasteiger partial charge in [-0.25, -0.2) is 4.79 Å². The quantitative estimate of drug-likeness (QED) is 0.716. The Morgan fingerprint density at radius 3 is 2.22 bits per heavy atom. The van der Waals surface area contributed by atoms with Crippen molar-refractivity contribution in [1.29, 1.82) is 0 Å². The fraction of sp³-hybridized carbons (Fsp3) is 0.300. The Kier molecular flexibility index (Phi) is 7.05. The Labute approximate surface area is 158 Å². The van der Waals surface area contributed by atoms with Gasteiger partial charge in [0.2, 0.25) is 0 Å². The van der Waals surface area contributed by atoms with E-state index in [0.717, 1.165) is 11.3 Å². The second-order valence-electron chi connectivity index (χ2n) is 5.98. The van der Waals surface area contributed by atoms with Crippen molar-refractivity contribution in [2.45, 2.75) is 6.54 Å². The first kappa shape index (κ1) is 20.1. The molecule has 0 fully saturated rings. The summed E-state index contributed by atoms with van der Waals surface area (Å²) in [6.07, 6.45) is 0. The van der Waals surface area contributed by atoms with E-state index in [1.54, 1.807) is 38.5 Å². The summed E-state index contributed by atoms with van der Waals surface area (Å²) < 4.78 is 15.4. The highest BCUT2D eigenvalue weighted by Crippen LogP contribution is 2.27. The molecule has 0 radical (unpaired) electrons. The molecule has 0 unspecified atom stereocenters. The van der Waals surface area contributed by atoms with Crippen LogP contribution in [0.2, 0.25) is 0 Å². The molecule has 0 aliphatic rings. The lowest BCUT2D eigenvalue weighted by Crippen LogP contribution is -2.28. The van der Waals surface area contributed by atoms with Crippen molar-refractivity contribution < 1.29 is 23.8 Å². The molecule has 0 spiro atoms. The lowest BCUT2D eigenvalue weighted by atomic mass is 10.2. The Hall–Kier alpha value is -3.22. The molecule has 1 N–H and O–H groups in total. The molecule has 144 valence electrons. The molecule has 1 amide bonds. The van der Waals surface area contributed by atoms with Gasteiger partial charge in [-0.3, -0.25) is 4.79 Å². The second-order valence-corrected chi connectivity index (χ2v) is 5.98. The largest absolute Gasteiger partial charge is 0.493 e. The van der Waals surface area contributed by atoms with Crippen molar-refractivity contribution in [3.8, 4) is 11.5 Å². The van der Waals surface area contributed by atoms with Crippen LogP contribution >= 0.6 is 0 Å². The molecule has 27 heavy (non-hydrogen) atoms. The summed E-state index contributed by atoms with van der Waals surface area (Å²) in [6.45, 7) is -0.0597. The average Bonchev–Trinajstić information content (AvgIpc) is 2.70. The summed E-state index contributed by atoms with van der Waals surface area (Å²) in [5, 5.41) is 2.70. The second kappa shape index (κ2) is 9.47. The first-order valence-electron chi connectivity index (χ1n) is 8.36. The highest BCUT2D eigenvalue weighted by atomic mass is 16.5. The van der Waals surface area contributed by atoms with Crippen molar-refractivity contribution in [2.24, 2.45) is 0 Å². The predicted molar refractivity (Wildman–Crippen MR) is 102 cm³/mol. The average molecular weight is 372 g/mol. The van der Waals surface area contributed by atoms with E-state index >= 15 is 0 Å². The summed E-state index contributed by atoms with van der Waals surface area (Å²) >= 11 is 0. The van der Waals surface area contributed by atoms with Crippen LogP contribution in [0.3, 0.4) is 0 Å². The maximum Gasteiger partial charge on any atom is 0.338 e. The van der Waals surface area contributed by atoms with Gasteiger partial charge in [-0.1, -0.05) is 6.07 Å². The third kappa shape index (κ3) is 5.64. The molecule has 0 saturated heterocycles. The molecule has 2 aromatic carbocycles. The van der Waals surface area contributed by atoms with Gasteiger partial charge in [0.25, 0.3) is 5.91 Å². The van der Waals surface area contributed by atoms with E-state index < -0.39 is 5.97 Å². The predicted octanol–water partition coefficient (Wildman–Crippen LogP) is 2.24. The van der Waals surface area contributed by atoms with Crippen LogP contribution in [0.25, 0.3) is 0 Å². The number of hydrogen-bond donors (Lipinski definition) is 1. The van der Waals surface area contributed by atoms with Gasteiger partial charge < -0.3 is 24.4 Å². The molecule has 0 aromatic heterocycles. The number of amides is 1. The standard InChI is InChI=1S/C20H24N2O5/c1-22(2)16-8-6-15(7-9-16)20(24)27-13-19(23)21-12-14-5-10-17(25-3)18(11-14)26-4/h5-11H,12-13H2,1-4H3,(H,21,23). The zero-order valence-electron chi connectivity index (χ0n) is 15.9. The van der Waals surface area contributed by atoms with E-state index in [4.69, 9.17) is 14.2 Å². The van der Waals surface area contributed by atoms with Crippen LogP contribution < -0.4 is 19.7 Å². The third-order valence-electron chi connectivity index (χ3n) is 3.89. The summed E-state index contributed by atoms with van der Waals surface area (Å²) in [5.41, 5.74) is 2.21. The molecule has 7 heteroatoms. The third-order valence-corrected chi connectivity index (χ3v) is 3.89. The van der Waals surface area contributed by atoms with E-state index in [1.807, 2.05) is 37.2 Å². The maximum absolute atomic E-state index is 12.0. The van der Waals surface area contributed by atoms with Crippen molar-refractivity contribution in [3.63, 3.8) is 0 Å². The summed E-state index contributed by atoms with van der Waals surface area (Å²) in [4.78, 5) is 25.9. The van der Waals surface area contributed by atoms with Gasteiger partial charge in [-0.05, 0) is 42.0 Å². The van der Waals surface area contributed by atoms with Crippen LogP contribution in [0.5, 0.6) is 11.5 Å². The molecule has 0 aliphatic carbocycles. The van der Waals surface area contributed by atoms with Crippen molar-refractivity contribution in [2.75, 3.05) is 39.8 Å². The lowest BCUT2D eigenvalue weighted by molar-refractivity contribution is -0.124. The number of nitrogens with zero attached hydrogens (tertiary/aromatic N) is 1. The van der Waals surface area contributed by atoms with Crippen LogP contribution in [-0.4, -0.2) is 46.8 Å². The molecule has 7 nitrogen and oxygen atoms in total. The van der Waals surface area contributed by atoms with Gasteiger partial charge >= 0.3 is 5.97 Å². The molecule has 2 rings (SSSR count). The number of esters is 1. The van der Waals surface area contributed by atoms with Gasteiger partial charge in [0.05, 0.1) is 19.8 Å². The Bertz CT molecular complexity index is 787. The number of rotatable bonds is 8. The van der Waals surface area contributed by atoms with Crippen LogP contribution in [0.1, 0.15) is 15.9 Å². The molecular formula is C20H24N2O5. The van der Waals surface area contributed by atoms with Gasteiger partial charge in [0.15, 0.2) is 18.1 Å². The Balaban J connectivity index is 1.83. The fourth-order valence-electron chi connectivity index (χ4n) is 2.35. The SMILES string of the molecule is COc1ccc(CNC(=O)COC(=O)c2ccc(N(C)C)cc2)cc1OC. The number of methoxy groups -OCH3 is 2. The van der Waals surface area contributed by atoms with Crippen molar-refractivity contribution in [1.82, 2.24) is 5.32 Å². The maximum atomic E-state index is 12.0. The van der Waals surface area contributed by atoms with Gasteiger partial charge in [0, 0.05) is 26.3 Å². The Morgan fingerprint density at radius 2 is 1.63 bits per heavy atom. The van der Waals surface area contributed by atoms with Crippen LogP contribution in [0.15, 0.2) is 42.5 Å². The van der Waals surface area contributed by atoms with Crippen LogP contribution in [0, 0.1) is 0 Å².